The third kappa shape index (κ3) is 4.08. The van der Waals surface area contributed by atoms with E-state index in [0.717, 1.165) is 44.7 Å². The smallest absolute Gasteiger partial charge is 0.222 e. The highest BCUT2D eigenvalue weighted by molar-refractivity contribution is 5.77. The molecule has 4 rings (SSSR count). The van der Waals surface area contributed by atoms with Crippen LogP contribution in [0.2, 0.25) is 0 Å². The first kappa shape index (κ1) is 19.0. The van der Waals surface area contributed by atoms with Gasteiger partial charge in [-0.15, -0.1) is 0 Å². The first-order valence-corrected chi connectivity index (χ1v) is 10.9. The van der Waals surface area contributed by atoms with Gasteiger partial charge in [0.2, 0.25) is 5.91 Å². The van der Waals surface area contributed by atoms with Crippen molar-refractivity contribution >= 4 is 5.91 Å². The molecule has 0 unspecified atom stereocenters. The Morgan fingerprint density at radius 3 is 2.52 bits per heavy atom. The van der Waals surface area contributed by atoms with Crippen LogP contribution in [-0.4, -0.2) is 51.6 Å². The molecule has 1 aliphatic carbocycles. The van der Waals surface area contributed by atoms with Crippen LogP contribution in [0.3, 0.4) is 0 Å². The number of hydrogen-bond acceptors (Lipinski definition) is 3. The van der Waals surface area contributed by atoms with Crippen LogP contribution in [-0.2, 0) is 16.8 Å². The van der Waals surface area contributed by atoms with Gasteiger partial charge in [-0.2, -0.15) is 5.10 Å². The lowest BCUT2D eigenvalue weighted by Crippen LogP contribution is -2.53. The van der Waals surface area contributed by atoms with E-state index in [4.69, 9.17) is 0 Å². The van der Waals surface area contributed by atoms with Crippen molar-refractivity contribution in [2.75, 3.05) is 19.6 Å². The molecule has 0 radical (unpaired) electrons. The monoisotopic (exact) mass is 372 g/mol. The van der Waals surface area contributed by atoms with Crippen LogP contribution >= 0.6 is 0 Å². The molecule has 27 heavy (non-hydrogen) atoms. The van der Waals surface area contributed by atoms with Gasteiger partial charge in [0.05, 0.1) is 5.69 Å². The van der Waals surface area contributed by atoms with Gasteiger partial charge in [-0.05, 0) is 56.7 Å². The molecule has 0 atom stereocenters. The number of amides is 1. The molecule has 5 heteroatoms. The fourth-order valence-corrected chi connectivity index (χ4v) is 5.25. The molecule has 150 valence electrons. The first-order chi connectivity index (χ1) is 12.8. The number of hydrogen-bond donors (Lipinski definition) is 1. The largest absolute Gasteiger partial charge is 0.339 e. The van der Waals surface area contributed by atoms with E-state index in [1.54, 1.807) is 0 Å². The summed E-state index contributed by atoms with van der Waals surface area (Å²) in [5, 5.41) is 7.74. The molecule has 1 aromatic heterocycles. The normalized spacial score (nSPS) is 24.9. The molecule has 5 nitrogen and oxygen atoms in total. The van der Waals surface area contributed by atoms with Gasteiger partial charge in [0, 0.05) is 36.7 Å². The van der Waals surface area contributed by atoms with Gasteiger partial charge in [0.15, 0.2) is 0 Å². The second-order valence-electron chi connectivity index (χ2n) is 10.3. The van der Waals surface area contributed by atoms with Crippen LogP contribution in [0.25, 0.3) is 0 Å². The predicted molar refractivity (Wildman–Crippen MR) is 107 cm³/mol. The molecular weight excluding hydrogens is 336 g/mol. The molecule has 1 aromatic rings. The number of carbonyl (C=O) groups is 1. The van der Waals surface area contributed by atoms with Crippen LogP contribution in [0.1, 0.15) is 83.5 Å². The topological polar surface area (TPSA) is 52.2 Å². The molecule has 2 saturated heterocycles. The van der Waals surface area contributed by atoms with Crippen molar-refractivity contribution in [3.8, 4) is 0 Å². The third-order valence-electron chi connectivity index (χ3n) is 7.17. The van der Waals surface area contributed by atoms with Gasteiger partial charge in [-0.1, -0.05) is 33.6 Å². The lowest BCUT2D eigenvalue weighted by Gasteiger charge is -2.49. The highest BCUT2D eigenvalue weighted by Gasteiger charge is 2.43. The van der Waals surface area contributed by atoms with Crippen LogP contribution in [0.15, 0.2) is 6.07 Å². The summed E-state index contributed by atoms with van der Waals surface area (Å²) in [5.41, 5.74) is 2.84. The second-order valence-corrected chi connectivity index (χ2v) is 10.3. The fourth-order valence-electron chi connectivity index (χ4n) is 5.25. The number of nitrogens with one attached hydrogen (secondary N) is 1. The maximum Gasteiger partial charge on any atom is 0.222 e. The fraction of sp³-hybridized carbons (Fsp3) is 0.818. The van der Waals surface area contributed by atoms with Crippen LogP contribution in [0, 0.1) is 5.41 Å². The molecule has 3 aliphatic rings. The molecule has 0 aromatic carbocycles. The summed E-state index contributed by atoms with van der Waals surface area (Å²) >= 11 is 0. The van der Waals surface area contributed by atoms with E-state index in [-0.39, 0.29) is 5.41 Å². The van der Waals surface area contributed by atoms with Gasteiger partial charge in [0.1, 0.15) is 0 Å². The number of aromatic nitrogens is 2. The van der Waals surface area contributed by atoms with Crippen molar-refractivity contribution in [3.63, 3.8) is 0 Å². The lowest BCUT2D eigenvalue weighted by atomic mass is 9.72. The zero-order valence-electron chi connectivity index (χ0n) is 17.4. The standard InChI is InChI=1S/C22H36N4O/c1-21(2,3)19-14-17(23-24-19)15-25-12-10-22(11-13-25)9-8-20(27)26(16-22)18-6-4-5-7-18/h14,18H,4-13,15-16H2,1-3H3,(H,23,24). The summed E-state index contributed by atoms with van der Waals surface area (Å²) in [7, 11) is 0. The number of piperidine rings is 2. The molecule has 2 aliphatic heterocycles. The van der Waals surface area contributed by atoms with Crippen LogP contribution < -0.4 is 0 Å². The SMILES string of the molecule is CC(C)(C)c1cc(CN2CCC3(CCC(=O)N(C4CCCC4)C3)CC2)[nH]n1. The maximum absolute atomic E-state index is 12.5. The summed E-state index contributed by atoms with van der Waals surface area (Å²) in [6, 6.07) is 2.76. The number of nitrogens with zero attached hydrogens (tertiary/aromatic N) is 3. The van der Waals surface area contributed by atoms with E-state index in [1.165, 1.54) is 44.2 Å². The zero-order chi connectivity index (χ0) is 19.1. The Balaban J connectivity index is 1.34. The Morgan fingerprint density at radius 2 is 1.89 bits per heavy atom. The molecule has 1 spiro atoms. The van der Waals surface area contributed by atoms with Crippen LogP contribution in [0.5, 0.6) is 0 Å². The van der Waals surface area contributed by atoms with Crippen molar-refractivity contribution in [3.05, 3.63) is 17.5 Å². The van der Waals surface area contributed by atoms with Crippen molar-refractivity contribution in [2.24, 2.45) is 5.41 Å². The minimum atomic E-state index is 0.0963. The Morgan fingerprint density at radius 1 is 1.19 bits per heavy atom. The average Bonchev–Trinajstić information content (AvgIpc) is 3.31. The minimum absolute atomic E-state index is 0.0963. The van der Waals surface area contributed by atoms with E-state index < -0.39 is 0 Å². The van der Waals surface area contributed by atoms with Crippen LogP contribution in [0.4, 0.5) is 0 Å². The van der Waals surface area contributed by atoms with E-state index in [9.17, 15) is 4.79 Å². The average molecular weight is 373 g/mol. The molecular formula is C22H36N4O. The first-order valence-electron chi connectivity index (χ1n) is 10.9. The quantitative estimate of drug-likeness (QED) is 0.877. The van der Waals surface area contributed by atoms with E-state index in [2.05, 4.69) is 46.8 Å². The van der Waals surface area contributed by atoms with Gasteiger partial charge >= 0.3 is 0 Å². The Kier molecular flexibility index (Phi) is 5.08. The van der Waals surface area contributed by atoms with Crippen molar-refractivity contribution in [1.82, 2.24) is 20.0 Å². The Labute approximate surface area is 163 Å². The van der Waals surface area contributed by atoms with Gasteiger partial charge in [-0.25, -0.2) is 0 Å². The predicted octanol–water partition coefficient (Wildman–Crippen LogP) is 3.85. The van der Waals surface area contributed by atoms with E-state index in [0.29, 0.717) is 17.4 Å². The molecule has 3 heterocycles. The highest BCUT2D eigenvalue weighted by Crippen LogP contribution is 2.42. The highest BCUT2D eigenvalue weighted by atomic mass is 16.2. The van der Waals surface area contributed by atoms with Crippen molar-refractivity contribution in [1.29, 1.82) is 0 Å². The summed E-state index contributed by atoms with van der Waals surface area (Å²) < 4.78 is 0. The second kappa shape index (κ2) is 7.23. The number of likely N-dealkylation sites (tertiary alicyclic amines) is 2. The molecule has 0 bridgehead atoms. The number of H-pyrrole nitrogens is 1. The zero-order valence-corrected chi connectivity index (χ0v) is 17.4. The minimum Gasteiger partial charge on any atom is -0.339 e. The summed E-state index contributed by atoms with van der Waals surface area (Å²) in [6.45, 7) is 10.9. The van der Waals surface area contributed by atoms with E-state index in [1.807, 2.05) is 0 Å². The summed E-state index contributed by atoms with van der Waals surface area (Å²) in [5.74, 6) is 0.419. The van der Waals surface area contributed by atoms with Gasteiger partial charge in [0.25, 0.3) is 0 Å². The van der Waals surface area contributed by atoms with Crippen molar-refractivity contribution in [2.45, 2.75) is 90.1 Å². The van der Waals surface area contributed by atoms with Gasteiger partial charge in [-0.3, -0.25) is 14.8 Å². The van der Waals surface area contributed by atoms with E-state index >= 15 is 0 Å². The number of carbonyl (C=O) groups excluding carboxylic acids is 1. The van der Waals surface area contributed by atoms with Crippen molar-refractivity contribution < 1.29 is 4.79 Å². The Bertz CT molecular complexity index is 660. The number of aromatic amines is 1. The molecule has 3 fully saturated rings. The lowest BCUT2D eigenvalue weighted by molar-refractivity contribution is -0.142. The third-order valence-corrected chi connectivity index (χ3v) is 7.17. The maximum atomic E-state index is 12.5. The number of rotatable bonds is 3. The van der Waals surface area contributed by atoms with Gasteiger partial charge < -0.3 is 4.90 Å². The summed E-state index contributed by atoms with van der Waals surface area (Å²) in [4.78, 5) is 17.3. The molecule has 1 N–H and O–H groups in total. The summed E-state index contributed by atoms with van der Waals surface area (Å²) in [6.07, 6.45) is 9.38. The Hall–Kier alpha value is -1.36. The molecule has 1 saturated carbocycles. The molecule has 1 amide bonds.